The van der Waals surface area contributed by atoms with E-state index in [-0.39, 0.29) is 24.0 Å². The first-order valence-corrected chi connectivity index (χ1v) is 9.78. The maximum atomic E-state index is 4.77. The van der Waals surface area contributed by atoms with Crippen LogP contribution >= 0.6 is 24.0 Å². The second-order valence-corrected chi connectivity index (χ2v) is 7.48. The summed E-state index contributed by atoms with van der Waals surface area (Å²) in [4.78, 5) is 12.0. The molecule has 0 bridgehead atoms. The van der Waals surface area contributed by atoms with Crippen LogP contribution in [0.15, 0.2) is 35.6 Å². The average Bonchev–Trinajstić information content (AvgIpc) is 3.18. The molecule has 1 aliphatic heterocycles. The van der Waals surface area contributed by atoms with E-state index in [9.17, 15) is 0 Å². The van der Waals surface area contributed by atoms with Crippen molar-refractivity contribution in [3.63, 3.8) is 0 Å². The topological polar surface area (TPSA) is 57.0 Å². The largest absolute Gasteiger partial charge is 0.357 e. The number of hydrogen-bond acceptors (Lipinski definition) is 3. The van der Waals surface area contributed by atoms with Crippen LogP contribution in [0.5, 0.6) is 0 Å². The average molecular weight is 484 g/mol. The Morgan fingerprint density at radius 2 is 2.15 bits per heavy atom. The van der Waals surface area contributed by atoms with E-state index < -0.39 is 0 Å². The van der Waals surface area contributed by atoms with Gasteiger partial charge in [0.2, 0.25) is 0 Å². The van der Waals surface area contributed by atoms with Crippen LogP contribution in [-0.2, 0) is 6.42 Å². The van der Waals surface area contributed by atoms with Crippen LogP contribution in [0, 0.1) is 5.92 Å². The molecule has 2 aromatic heterocycles. The molecule has 27 heavy (non-hydrogen) atoms. The summed E-state index contributed by atoms with van der Waals surface area (Å²) in [6.45, 7) is 12.8. The van der Waals surface area contributed by atoms with Crippen LogP contribution < -0.4 is 10.6 Å². The monoisotopic (exact) mass is 484 g/mol. The Hall–Kier alpha value is -1.35. The summed E-state index contributed by atoms with van der Waals surface area (Å²) >= 11 is 0. The lowest BCUT2D eigenvalue weighted by atomic mass is 10.1. The minimum Gasteiger partial charge on any atom is -0.357 e. The van der Waals surface area contributed by atoms with Crippen molar-refractivity contribution in [2.75, 3.05) is 26.2 Å². The van der Waals surface area contributed by atoms with Crippen molar-refractivity contribution in [3.8, 4) is 0 Å². The molecule has 3 rings (SSSR count). The Morgan fingerprint density at radius 3 is 2.81 bits per heavy atom. The third-order valence-corrected chi connectivity index (χ3v) is 5.09. The molecule has 1 fully saturated rings. The molecule has 1 aliphatic rings. The number of halogens is 1. The van der Waals surface area contributed by atoms with Gasteiger partial charge in [0.25, 0.3) is 0 Å². The van der Waals surface area contributed by atoms with E-state index in [0.29, 0.717) is 18.0 Å². The lowest BCUT2D eigenvalue weighted by Crippen LogP contribution is -2.47. The third kappa shape index (κ3) is 5.81. The summed E-state index contributed by atoms with van der Waals surface area (Å²) in [7, 11) is 0. The highest BCUT2D eigenvalue weighted by Gasteiger charge is 2.31. The van der Waals surface area contributed by atoms with Crippen molar-refractivity contribution >= 4 is 35.6 Å². The molecule has 2 aromatic rings. The number of nitrogens with zero attached hydrogens (tertiary/aromatic N) is 4. The SMILES string of the molecule is CCNC(=NCCc1cn2ccccc2n1)NC1CN(C(C)C)CC1C.I. The lowest BCUT2D eigenvalue weighted by Gasteiger charge is -2.21. The normalized spacial score (nSPS) is 20.9. The van der Waals surface area contributed by atoms with Gasteiger partial charge in [-0.2, -0.15) is 0 Å². The van der Waals surface area contributed by atoms with Crippen LogP contribution in [0.2, 0.25) is 0 Å². The van der Waals surface area contributed by atoms with Crippen molar-refractivity contribution < 1.29 is 0 Å². The van der Waals surface area contributed by atoms with Crippen LogP contribution in [0.3, 0.4) is 0 Å². The number of fused-ring (bicyclic) bond motifs is 1. The minimum atomic E-state index is 0. The number of aromatic nitrogens is 2. The number of guanidine groups is 1. The molecule has 7 heteroatoms. The fourth-order valence-corrected chi connectivity index (χ4v) is 3.50. The molecule has 0 aliphatic carbocycles. The summed E-state index contributed by atoms with van der Waals surface area (Å²) in [6.07, 6.45) is 4.96. The summed E-state index contributed by atoms with van der Waals surface area (Å²) in [5.74, 6) is 1.54. The smallest absolute Gasteiger partial charge is 0.191 e. The van der Waals surface area contributed by atoms with E-state index in [1.807, 2.05) is 24.4 Å². The van der Waals surface area contributed by atoms with Gasteiger partial charge in [-0.1, -0.05) is 13.0 Å². The van der Waals surface area contributed by atoms with Crippen LogP contribution in [0.25, 0.3) is 5.65 Å². The molecule has 1 saturated heterocycles. The fraction of sp³-hybridized carbons (Fsp3) is 0.600. The van der Waals surface area contributed by atoms with Gasteiger partial charge < -0.3 is 15.0 Å². The number of imidazole rings is 1. The van der Waals surface area contributed by atoms with E-state index in [2.05, 4.69) is 58.8 Å². The van der Waals surface area contributed by atoms with Gasteiger partial charge >= 0.3 is 0 Å². The first kappa shape index (κ1) is 21.9. The summed E-state index contributed by atoms with van der Waals surface area (Å²) in [5.41, 5.74) is 2.07. The summed E-state index contributed by atoms with van der Waals surface area (Å²) < 4.78 is 2.06. The Bertz CT molecular complexity index is 708. The molecule has 2 unspecified atom stereocenters. The molecule has 6 nitrogen and oxygen atoms in total. The van der Waals surface area contributed by atoms with E-state index in [0.717, 1.165) is 49.9 Å². The van der Waals surface area contributed by atoms with Crippen molar-refractivity contribution in [3.05, 3.63) is 36.3 Å². The number of nitrogens with one attached hydrogen (secondary N) is 2. The van der Waals surface area contributed by atoms with E-state index in [1.54, 1.807) is 0 Å². The maximum Gasteiger partial charge on any atom is 0.191 e. The Balaban J connectivity index is 0.00000261. The molecule has 0 saturated carbocycles. The van der Waals surface area contributed by atoms with Gasteiger partial charge in [-0.3, -0.25) is 9.89 Å². The van der Waals surface area contributed by atoms with Gasteiger partial charge in [-0.15, -0.1) is 24.0 Å². The van der Waals surface area contributed by atoms with Gasteiger partial charge in [0.1, 0.15) is 5.65 Å². The lowest BCUT2D eigenvalue weighted by molar-refractivity contribution is 0.265. The number of aliphatic imine (C=N–C) groups is 1. The molecule has 0 spiro atoms. The Labute approximate surface area is 179 Å². The quantitative estimate of drug-likeness (QED) is 0.376. The highest BCUT2D eigenvalue weighted by atomic mass is 127. The molecular weight excluding hydrogens is 451 g/mol. The van der Waals surface area contributed by atoms with Gasteiger partial charge in [0.15, 0.2) is 5.96 Å². The third-order valence-electron chi connectivity index (χ3n) is 5.09. The Kier molecular flexibility index (Phi) is 8.34. The van der Waals surface area contributed by atoms with Crippen LogP contribution in [0.1, 0.15) is 33.4 Å². The highest BCUT2D eigenvalue weighted by molar-refractivity contribution is 14.0. The van der Waals surface area contributed by atoms with Crippen molar-refractivity contribution in [1.29, 1.82) is 0 Å². The fourth-order valence-electron chi connectivity index (χ4n) is 3.50. The summed E-state index contributed by atoms with van der Waals surface area (Å²) in [5, 5.41) is 7.02. The second-order valence-electron chi connectivity index (χ2n) is 7.48. The first-order chi connectivity index (χ1) is 12.6. The summed E-state index contributed by atoms with van der Waals surface area (Å²) in [6, 6.07) is 7.11. The van der Waals surface area contributed by atoms with Gasteiger partial charge in [0.05, 0.1) is 5.69 Å². The molecule has 2 atom stereocenters. The minimum absolute atomic E-state index is 0. The zero-order chi connectivity index (χ0) is 18.5. The second kappa shape index (κ2) is 10.3. The number of rotatable bonds is 6. The number of pyridine rings is 1. The zero-order valence-electron chi connectivity index (χ0n) is 16.9. The van der Waals surface area contributed by atoms with Crippen molar-refractivity contribution in [1.82, 2.24) is 24.9 Å². The predicted molar refractivity (Wildman–Crippen MR) is 123 cm³/mol. The maximum absolute atomic E-state index is 4.77. The molecule has 150 valence electrons. The van der Waals surface area contributed by atoms with Crippen molar-refractivity contribution in [2.24, 2.45) is 10.9 Å². The predicted octanol–water partition coefficient (Wildman–Crippen LogP) is 2.78. The molecule has 0 radical (unpaired) electrons. The Morgan fingerprint density at radius 1 is 1.33 bits per heavy atom. The van der Waals surface area contributed by atoms with E-state index in [1.165, 1.54) is 0 Å². The van der Waals surface area contributed by atoms with Gasteiger partial charge in [0, 0.05) is 57.1 Å². The van der Waals surface area contributed by atoms with Gasteiger partial charge in [-0.05, 0) is 38.8 Å². The van der Waals surface area contributed by atoms with E-state index >= 15 is 0 Å². The molecule has 3 heterocycles. The first-order valence-electron chi connectivity index (χ1n) is 9.78. The number of hydrogen-bond donors (Lipinski definition) is 2. The highest BCUT2D eigenvalue weighted by Crippen LogP contribution is 2.18. The van der Waals surface area contributed by atoms with Crippen LogP contribution in [0.4, 0.5) is 0 Å². The standard InChI is InChI=1S/C20H32N6.HI/c1-5-21-20(24-18-14-26(15(2)3)12-16(18)4)22-10-9-17-13-25-11-7-6-8-19(25)23-17;/h6-8,11,13,15-16,18H,5,9-10,12,14H2,1-4H3,(H2,21,22,24);1H. The van der Waals surface area contributed by atoms with E-state index in [4.69, 9.17) is 4.99 Å². The number of likely N-dealkylation sites (tertiary alicyclic amines) is 1. The molecule has 0 amide bonds. The molecule has 2 N–H and O–H groups in total. The van der Waals surface area contributed by atoms with Crippen molar-refractivity contribution in [2.45, 2.75) is 46.2 Å². The van der Waals surface area contributed by atoms with Gasteiger partial charge in [-0.25, -0.2) is 4.98 Å². The zero-order valence-corrected chi connectivity index (χ0v) is 19.2. The molecular formula is C20H33IN6. The van der Waals surface area contributed by atoms with Crippen LogP contribution in [-0.4, -0.2) is 58.5 Å². The molecule has 0 aromatic carbocycles.